The Balaban J connectivity index is 1.51. The summed E-state index contributed by atoms with van der Waals surface area (Å²) in [5.41, 5.74) is 6.60. The Hall–Kier alpha value is -3.15. The van der Waals surface area contributed by atoms with Crippen molar-refractivity contribution < 1.29 is 14.3 Å². The number of benzene rings is 2. The second-order valence-corrected chi connectivity index (χ2v) is 6.80. The number of nitrogens with zero attached hydrogens (tertiary/aromatic N) is 1. The third-order valence-electron chi connectivity index (χ3n) is 5.25. The molecule has 2 atom stereocenters. The lowest BCUT2D eigenvalue weighted by molar-refractivity contribution is -0.133. The number of methoxy groups -OCH3 is 1. The normalized spacial score (nSPS) is 22.4. The van der Waals surface area contributed by atoms with Crippen LogP contribution in [0, 0.1) is 5.92 Å². The molecule has 138 valence electrons. The SMILES string of the molecule is COc1ccc2c(c1)CC/C2=N/NC(=O)C1C(=O)NCC1c1ccccc1. The van der Waals surface area contributed by atoms with Crippen molar-refractivity contribution in [1.82, 2.24) is 10.7 Å². The summed E-state index contributed by atoms with van der Waals surface area (Å²) in [6.45, 7) is 0.458. The predicted octanol–water partition coefficient (Wildman–Crippen LogP) is 1.99. The van der Waals surface area contributed by atoms with Gasteiger partial charge in [-0.15, -0.1) is 0 Å². The maximum Gasteiger partial charge on any atom is 0.253 e. The molecular weight excluding hydrogens is 342 g/mol. The molecule has 27 heavy (non-hydrogen) atoms. The number of fused-ring (bicyclic) bond motifs is 1. The van der Waals surface area contributed by atoms with Crippen LogP contribution in [0.5, 0.6) is 5.75 Å². The lowest BCUT2D eigenvalue weighted by Gasteiger charge is -2.15. The van der Waals surface area contributed by atoms with Gasteiger partial charge in [-0.3, -0.25) is 9.59 Å². The lowest BCUT2D eigenvalue weighted by atomic mass is 9.88. The zero-order valence-electron chi connectivity index (χ0n) is 15.1. The standard InChI is InChI=1S/C21H21N3O3/c1-27-15-8-9-16-14(11-15)7-10-18(16)23-24-21(26)19-17(12-22-20(19)25)13-5-3-2-4-6-13/h2-6,8-9,11,17,19H,7,10,12H2,1H3,(H,22,25)(H,24,26)/b23-18-. The fourth-order valence-electron chi connectivity index (χ4n) is 3.81. The molecule has 2 amide bonds. The van der Waals surface area contributed by atoms with Gasteiger partial charge < -0.3 is 10.1 Å². The van der Waals surface area contributed by atoms with Crippen LogP contribution >= 0.6 is 0 Å². The van der Waals surface area contributed by atoms with Crippen molar-refractivity contribution >= 4 is 17.5 Å². The molecular formula is C21H21N3O3. The Labute approximate surface area is 157 Å². The fraction of sp³-hybridized carbons (Fsp3) is 0.286. The molecule has 1 aliphatic heterocycles. The first-order chi connectivity index (χ1) is 13.2. The number of ether oxygens (including phenoxy) is 1. The Morgan fingerprint density at radius 3 is 2.78 bits per heavy atom. The number of carbonyl (C=O) groups is 2. The smallest absolute Gasteiger partial charge is 0.253 e. The fourth-order valence-corrected chi connectivity index (χ4v) is 3.81. The largest absolute Gasteiger partial charge is 0.497 e. The van der Waals surface area contributed by atoms with Crippen molar-refractivity contribution in [3.63, 3.8) is 0 Å². The van der Waals surface area contributed by atoms with Crippen LogP contribution < -0.4 is 15.5 Å². The monoisotopic (exact) mass is 363 g/mol. The summed E-state index contributed by atoms with van der Waals surface area (Å²) in [5.74, 6) is -0.758. The second-order valence-electron chi connectivity index (χ2n) is 6.80. The van der Waals surface area contributed by atoms with Gasteiger partial charge in [0.25, 0.3) is 5.91 Å². The molecule has 0 aromatic heterocycles. The Morgan fingerprint density at radius 1 is 1.19 bits per heavy atom. The molecule has 2 aromatic carbocycles. The molecule has 4 rings (SSSR count). The maximum atomic E-state index is 12.7. The predicted molar refractivity (Wildman–Crippen MR) is 102 cm³/mol. The Kier molecular flexibility index (Phi) is 4.62. The average Bonchev–Trinajstić information content (AvgIpc) is 3.29. The van der Waals surface area contributed by atoms with Crippen molar-refractivity contribution in [2.75, 3.05) is 13.7 Å². The molecule has 6 nitrogen and oxygen atoms in total. The maximum absolute atomic E-state index is 12.7. The van der Waals surface area contributed by atoms with E-state index >= 15 is 0 Å². The van der Waals surface area contributed by atoms with Crippen LogP contribution in [0.3, 0.4) is 0 Å². The quantitative estimate of drug-likeness (QED) is 0.644. The van der Waals surface area contributed by atoms with Gasteiger partial charge in [0.15, 0.2) is 0 Å². The van der Waals surface area contributed by atoms with E-state index in [4.69, 9.17) is 4.74 Å². The number of hydrogen-bond acceptors (Lipinski definition) is 4. The van der Waals surface area contributed by atoms with E-state index in [1.165, 1.54) is 0 Å². The van der Waals surface area contributed by atoms with Gasteiger partial charge in [0.05, 0.1) is 12.8 Å². The van der Waals surface area contributed by atoms with Crippen molar-refractivity contribution in [2.24, 2.45) is 11.0 Å². The van der Waals surface area contributed by atoms with Crippen LogP contribution in [0.25, 0.3) is 0 Å². The first-order valence-electron chi connectivity index (χ1n) is 9.03. The summed E-state index contributed by atoms with van der Waals surface area (Å²) in [7, 11) is 1.64. The number of amides is 2. The number of nitrogens with one attached hydrogen (secondary N) is 2. The molecule has 1 saturated heterocycles. The summed E-state index contributed by atoms with van der Waals surface area (Å²) in [6.07, 6.45) is 1.61. The van der Waals surface area contributed by atoms with Gasteiger partial charge in [0, 0.05) is 18.0 Å². The molecule has 2 aromatic rings. The molecule has 1 heterocycles. The highest BCUT2D eigenvalue weighted by atomic mass is 16.5. The van der Waals surface area contributed by atoms with E-state index in [1.54, 1.807) is 7.11 Å². The minimum absolute atomic E-state index is 0.181. The van der Waals surface area contributed by atoms with Gasteiger partial charge >= 0.3 is 0 Å². The number of rotatable bonds is 4. The van der Waals surface area contributed by atoms with Gasteiger partial charge in [0.1, 0.15) is 11.7 Å². The lowest BCUT2D eigenvalue weighted by Crippen LogP contribution is -2.35. The number of carbonyl (C=O) groups excluding carboxylic acids is 2. The van der Waals surface area contributed by atoms with E-state index in [2.05, 4.69) is 15.8 Å². The van der Waals surface area contributed by atoms with Gasteiger partial charge in [-0.2, -0.15) is 5.10 Å². The molecule has 1 fully saturated rings. The molecule has 2 N–H and O–H groups in total. The third kappa shape index (κ3) is 3.30. The van der Waals surface area contributed by atoms with Crippen molar-refractivity contribution in [3.05, 3.63) is 65.2 Å². The first kappa shape index (κ1) is 17.3. The van der Waals surface area contributed by atoms with Crippen LogP contribution in [-0.2, 0) is 16.0 Å². The number of aryl methyl sites for hydroxylation is 1. The van der Waals surface area contributed by atoms with Gasteiger partial charge in [0.2, 0.25) is 5.91 Å². The summed E-state index contributed by atoms with van der Waals surface area (Å²) < 4.78 is 5.25. The summed E-state index contributed by atoms with van der Waals surface area (Å²) in [6, 6.07) is 15.5. The topological polar surface area (TPSA) is 79.8 Å². The zero-order valence-corrected chi connectivity index (χ0v) is 15.1. The molecule has 0 spiro atoms. The van der Waals surface area contributed by atoms with Gasteiger partial charge in [-0.05, 0) is 42.2 Å². The number of hydrazone groups is 1. The minimum atomic E-state index is -0.770. The van der Waals surface area contributed by atoms with Crippen molar-refractivity contribution in [3.8, 4) is 5.75 Å². The van der Waals surface area contributed by atoms with E-state index in [9.17, 15) is 9.59 Å². The third-order valence-corrected chi connectivity index (χ3v) is 5.25. The van der Waals surface area contributed by atoms with Crippen LogP contribution in [0.1, 0.15) is 29.0 Å². The van der Waals surface area contributed by atoms with Crippen molar-refractivity contribution in [2.45, 2.75) is 18.8 Å². The molecule has 2 unspecified atom stereocenters. The molecule has 0 radical (unpaired) electrons. The van der Waals surface area contributed by atoms with E-state index in [1.807, 2.05) is 48.5 Å². The minimum Gasteiger partial charge on any atom is -0.497 e. The highest BCUT2D eigenvalue weighted by Crippen LogP contribution is 2.29. The second kappa shape index (κ2) is 7.23. The summed E-state index contributed by atoms with van der Waals surface area (Å²) in [4.78, 5) is 24.9. The molecule has 1 aliphatic carbocycles. The Morgan fingerprint density at radius 2 is 2.00 bits per heavy atom. The van der Waals surface area contributed by atoms with Crippen LogP contribution in [0.4, 0.5) is 0 Å². The number of hydrogen-bond donors (Lipinski definition) is 2. The average molecular weight is 363 g/mol. The van der Waals surface area contributed by atoms with Crippen LogP contribution in [-0.4, -0.2) is 31.2 Å². The van der Waals surface area contributed by atoms with E-state index in [0.717, 1.165) is 41.0 Å². The zero-order chi connectivity index (χ0) is 18.8. The van der Waals surface area contributed by atoms with Crippen LogP contribution in [0.2, 0.25) is 0 Å². The Bertz CT molecular complexity index is 908. The van der Waals surface area contributed by atoms with Gasteiger partial charge in [-0.25, -0.2) is 5.43 Å². The van der Waals surface area contributed by atoms with E-state index < -0.39 is 5.92 Å². The molecule has 0 bridgehead atoms. The van der Waals surface area contributed by atoms with Crippen molar-refractivity contribution in [1.29, 1.82) is 0 Å². The highest BCUT2D eigenvalue weighted by Gasteiger charge is 2.41. The van der Waals surface area contributed by atoms with Gasteiger partial charge in [-0.1, -0.05) is 30.3 Å². The highest BCUT2D eigenvalue weighted by molar-refractivity contribution is 6.06. The molecule has 6 heteroatoms. The first-order valence-corrected chi connectivity index (χ1v) is 9.03. The van der Waals surface area contributed by atoms with E-state index in [0.29, 0.717) is 6.54 Å². The molecule has 2 aliphatic rings. The van der Waals surface area contributed by atoms with Crippen LogP contribution in [0.15, 0.2) is 53.6 Å². The summed E-state index contributed by atoms with van der Waals surface area (Å²) in [5, 5.41) is 7.12. The summed E-state index contributed by atoms with van der Waals surface area (Å²) >= 11 is 0. The van der Waals surface area contributed by atoms with E-state index in [-0.39, 0.29) is 17.7 Å². The molecule has 0 saturated carbocycles.